The second-order valence-corrected chi connectivity index (χ2v) is 8.55. The van der Waals surface area contributed by atoms with Gasteiger partial charge in [0.05, 0.1) is 21.6 Å². The Bertz CT molecular complexity index is 1310. The fraction of sp³-hybridized carbons (Fsp3) is 0.231. The third-order valence-electron chi connectivity index (χ3n) is 5.44. The van der Waals surface area contributed by atoms with Gasteiger partial charge in [-0.3, -0.25) is 9.78 Å². The highest BCUT2D eigenvalue weighted by Crippen LogP contribution is 2.34. The molecule has 2 aromatic carbocycles. The van der Waals surface area contributed by atoms with Crippen LogP contribution < -0.4 is 14.8 Å². The van der Waals surface area contributed by atoms with Gasteiger partial charge in [-0.2, -0.15) is 0 Å². The maximum Gasteiger partial charge on any atom is 0.260 e. The Hall–Kier alpha value is -3.91. The van der Waals surface area contributed by atoms with Gasteiger partial charge in [0.1, 0.15) is 30.3 Å². The van der Waals surface area contributed by atoms with Crippen molar-refractivity contribution in [3.63, 3.8) is 0 Å². The van der Waals surface area contributed by atoms with Crippen molar-refractivity contribution in [2.45, 2.75) is 26.5 Å². The number of carbonyl (C=O) groups excluding carboxylic acids is 1. The number of amides is 1. The first-order chi connectivity index (χ1) is 16.9. The highest BCUT2D eigenvalue weighted by molar-refractivity contribution is 6.32. The van der Waals surface area contributed by atoms with E-state index in [4.69, 9.17) is 21.1 Å². The topological polar surface area (TPSA) is 89.5 Å². The van der Waals surface area contributed by atoms with E-state index in [-0.39, 0.29) is 18.6 Å². The number of nitrogens with one attached hydrogen (secondary N) is 1. The SMILES string of the molecule is CC(C)N(C)C(=O)COc1cccc2ncnc(Nc3ccc(OCc4ccccn4)c(Cl)c3)c12. The number of aromatic nitrogens is 3. The Morgan fingerprint density at radius 3 is 2.63 bits per heavy atom. The summed E-state index contributed by atoms with van der Waals surface area (Å²) in [6.07, 6.45) is 3.19. The molecule has 0 unspecified atom stereocenters. The van der Waals surface area contributed by atoms with Gasteiger partial charge in [-0.25, -0.2) is 9.97 Å². The molecule has 0 aliphatic carbocycles. The smallest absolute Gasteiger partial charge is 0.260 e. The molecule has 0 saturated carbocycles. The van der Waals surface area contributed by atoms with E-state index in [0.29, 0.717) is 45.5 Å². The third-order valence-corrected chi connectivity index (χ3v) is 5.74. The third kappa shape index (κ3) is 5.96. The monoisotopic (exact) mass is 491 g/mol. The van der Waals surface area contributed by atoms with Crippen molar-refractivity contribution < 1.29 is 14.3 Å². The highest BCUT2D eigenvalue weighted by Gasteiger charge is 2.16. The molecule has 9 heteroatoms. The summed E-state index contributed by atoms with van der Waals surface area (Å²) in [6, 6.07) is 16.6. The van der Waals surface area contributed by atoms with Crippen molar-refractivity contribution in [2.75, 3.05) is 19.0 Å². The van der Waals surface area contributed by atoms with Crippen molar-refractivity contribution >= 4 is 39.9 Å². The number of pyridine rings is 1. The van der Waals surface area contributed by atoms with Crippen LogP contribution >= 0.6 is 11.6 Å². The van der Waals surface area contributed by atoms with Crippen molar-refractivity contribution in [3.8, 4) is 11.5 Å². The predicted octanol–water partition coefficient (Wildman–Crippen LogP) is 5.25. The van der Waals surface area contributed by atoms with Crippen LogP contribution in [0.3, 0.4) is 0 Å². The van der Waals surface area contributed by atoms with Crippen LogP contribution in [0.15, 0.2) is 67.1 Å². The summed E-state index contributed by atoms with van der Waals surface area (Å²) in [5.41, 5.74) is 2.21. The molecule has 0 radical (unpaired) electrons. The standard InChI is InChI=1S/C26H26ClN5O3/c1-17(2)32(3)24(33)15-35-23-9-6-8-21-25(23)26(30-16-29-21)31-18-10-11-22(20(27)13-18)34-14-19-7-4-5-12-28-19/h4-13,16-17H,14-15H2,1-3H3,(H,29,30,31). The Labute approximate surface area is 208 Å². The lowest BCUT2D eigenvalue weighted by molar-refractivity contribution is -0.133. The number of anilines is 2. The van der Waals surface area contributed by atoms with Gasteiger partial charge in [-0.1, -0.05) is 23.7 Å². The van der Waals surface area contributed by atoms with E-state index in [1.807, 2.05) is 50.2 Å². The van der Waals surface area contributed by atoms with E-state index in [1.165, 1.54) is 6.33 Å². The molecule has 4 rings (SSSR count). The molecule has 180 valence electrons. The molecule has 1 N–H and O–H groups in total. The fourth-order valence-electron chi connectivity index (χ4n) is 3.29. The number of halogens is 1. The molecule has 0 aliphatic heterocycles. The highest BCUT2D eigenvalue weighted by atomic mass is 35.5. The Kier molecular flexibility index (Phi) is 7.62. The lowest BCUT2D eigenvalue weighted by atomic mass is 10.2. The zero-order valence-corrected chi connectivity index (χ0v) is 20.5. The average Bonchev–Trinajstić information content (AvgIpc) is 2.87. The van der Waals surface area contributed by atoms with Gasteiger partial charge >= 0.3 is 0 Å². The van der Waals surface area contributed by atoms with Gasteiger partial charge in [0.15, 0.2) is 6.61 Å². The number of hydrogen-bond donors (Lipinski definition) is 1. The maximum absolute atomic E-state index is 12.4. The van der Waals surface area contributed by atoms with Crippen LogP contribution in [0.5, 0.6) is 11.5 Å². The summed E-state index contributed by atoms with van der Waals surface area (Å²) < 4.78 is 11.7. The normalized spacial score (nSPS) is 10.9. The molecular formula is C26H26ClN5O3. The van der Waals surface area contributed by atoms with Crippen molar-refractivity contribution in [3.05, 3.63) is 77.8 Å². The van der Waals surface area contributed by atoms with Crippen LogP contribution in [-0.4, -0.2) is 45.5 Å². The first kappa shape index (κ1) is 24.2. The quantitative estimate of drug-likeness (QED) is 0.342. The summed E-state index contributed by atoms with van der Waals surface area (Å²) in [4.78, 5) is 27.0. The van der Waals surface area contributed by atoms with Crippen LogP contribution in [0.1, 0.15) is 19.5 Å². The van der Waals surface area contributed by atoms with E-state index < -0.39 is 0 Å². The Morgan fingerprint density at radius 2 is 1.89 bits per heavy atom. The molecule has 0 atom stereocenters. The van der Waals surface area contributed by atoms with Gasteiger partial charge in [0.2, 0.25) is 0 Å². The minimum absolute atomic E-state index is 0.0832. The lowest BCUT2D eigenvalue weighted by Gasteiger charge is -2.21. The second-order valence-electron chi connectivity index (χ2n) is 8.14. The molecule has 0 spiro atoms. The predicted molar refractivity (Wildman–Crippen MR) is 136 cm³/mol. The van der Waals surface area contributed by atoms with Crippen LogP contribution in [0.4, 0.5) is 11.5 Å². The van der Waals surface area contributed by atoms with Crippen LogP contribution in [0.2, 0.25) is 5.02 Å². The van der Waals surface area contributed by atoms with Gasteiger partial charge in [-0.15, -0.1) is 0 Å². The van der Waals surface area contributed by atoms with E-state index in [0.717, 1.165) is 5.69 Å². The molecule has 2 heterocycles. The summed E-state index contributed by atoms with van der Waals surface area (Å²) in [5.74, 6) is 1.48. The molecule has 0 fully saturated rings. The largest absolute Gasteiger partial charge is 0.486 e. The summed E-state index contributed by atoms with van der Waals surface area (Å²) in [5, 5.41) is 4.39. The minimum Gasteiger partial charge on any atom is -0.486 e. The van der Waals surface area contributed by atoms with Crippen molar-refractivity contribution in [1.29, 1.82) is 0 Å². The number of ether oxygens (including phenoxy) is 2. The first-order valence-electron chi connectivity index (χ1n) is 11.1. The molecule has 0 bridgehead atoms. The van der Waals surface area contributed by atoms with E-state index in [9.17, 15) is 4.79 Å². The number of benzene rings is 2. The van der Waals surface area contributed by atoms with E-state index in [2.05, 4.69) is 20.3 Å². The molecule has 0 saturated heterocycles. The summed E-state index contributed by atoms with van der Waals surface area (Å²) in [7, 11) is 1.75. The number of rotatable bonds is 9. The molecule has 2 aromatic heterocycles. The molecule has 0 aliphatic rings. The van der Waals surface area contributed by atoms with Gasteiger partial charge in [-0.05, 0) is 56.3 Å². The number of likely N-dealkylation sites (N-methyl/N-ethyl adjacent to an activating group) is 1. The molecular weight excluding hydrogens is 466 g/mol. The zero-order valence-electron chi connectivity index (χ0n) is 19.7. The van der Waals surface area contributed by atoms with E-state index in [1.54, 1.807) is 36.3 Å². The van der Waals surface area contributed by atoms with Crippen LogP contribution in [0, 0.1) is 0 Å². The summed E-state index contributed by atoms with van der Waals surface area (Å²) in [6.45, 7) is 4.13. The Balaban J connectivity index is 1.53. The second kappa shape index (κ2) is 11.0. The van der Waals surface area contributed by atoms with Crippen LogP contribution in [0.25, 0.3) is 10.9 Å². The maximum atomic E-state index is 12.4. The van der Waals surface area contributed by atoms with Gasteiger partial charge < -0.3 is 19.7 Å². The average molecular weight is 492 g/mol. The number of nitrogens with zero attached hydrogens (tertiary/aromatic N) is 4. The molecule has 1 amide bonds. The first-order valence-corrected chi connectivity index (χ1v) is 11.5. The molecule has 8 nitrogen and oxygen atoms in total. The van der Waals surface area contributed by atoms with E-state index >= 15 is 0 Å². The van der Waals surface area contributed by atoms with Crippen molar-refractivity contribution in [2.24, 2.45) is 0 Å². The minimum atomic E-state index is -0.114. The zero-order chi connectivity index (χ0) is 24.8. The number of carbonyl (C=O) groups is 1. The van der Waals surface area contributed by atoms with Crippen LogP contribution in [-0.2, 0) is 11.4 Å². The van der Waals surface area contributed by atoms with Gasteiger partial charge in [0, 0.05) is 25.0 Å². The van der Waals surface area contributed by atoms with Gasteiger partial charge in [0.25, 0.3) is 5.91 Å². The van der Waals surface area contributed by atoms with Crippen molar-refractivity contribution in [1.82, 2.24) is 19.9 Å². The Morgan fingerprint density at radius 1 is 1.03 bits per heavy atom. The molecule has 4 aromatic rings. The fourth-order valence-corrected chi connectivity index (χ4v) is 3.53. The number of fused-ring (bicyclic) bond motifs is 1. The lowest BCUT2D eigenvalue weighted by Crippen LogP contribution is -2.36. The summed E-state index contributed by atoms with van der Waals surface area (Å²) >= 11 is 6.47. The molecule has 35 heavy (non-hydrogen) atoms. The number of hydrogen-bond acceptors (Lipinski definition) is 7.